The summed E-state index contributed by atoms with van der Waals surface area (Å²) in [6.45, 7) is 0.700. The number of ketones is 1. The number of alkyl halides is 3. The van der Waals surface area contributed by atoms with Crippen molar-refractivity contribution in [2.24, 2.45) is 5.41 Å². The van der Waals surface area contributed by atoms with Crippen LogP contribution in [0.25, 0.3) is 0 Å². The molecule has 0 saturated carbocycles. The van der Waals surface area contributed by atoms with Gasteiger partial charge in [-0.3, -0.25) is 9.59 Å². The van der Waals surface area contributed by atoms with Crippen molar-refractivity contribution in [1.82, 2.24) is 10.3 Å². The molecule has 1 amide bonds. The first-order valence-electron chi connectivity index (χ1n) is 11.6. The third kappa shape index (κ3) is 6.26. The molecule has 4 rings (SSSR count). The number of pyridine rings is 1. The molecule has 2 aromatic carbocycles. The van der Waals surface area contributed by atoms with E-state index in [1.54, 1.807) is 30.3 Å². The van der Waals surface area contributed by atoms with Crippen molar-refractivity contribution < 1.29 is 32.2 Å². The number of hydrogen-bond donors (Lipinski definition) is 2. The number of halogens is 3. The van der Waals surface area contributed by atoms with E-state index in [0.717, 1.165) is 11.6 Å². The second kappa shape index (κ2) is 11.0. The Morgan fingerprint density at radius 3 is 2.54 bits per heavy atom. The first kappa shape index (κ1) is 26.2. The Kier molecular flexibility index (Phi) is 7.77. The van der Waals surface area contributed by atoms with Gasteiger partial charge in [-0.25, -0.2) is 4.98 Å². The van der Waals surface area contributed by atoms with Gasteiger partial charge in [0.1, 0.15) is 0 Å². The molecule has 2 N–H and O–H groups in total. The number of rotatable bonds is 9. The van der Waals surface area contributed by atoms with E-state index in [0.29, 0.717) is 30.2 Å². The molecule has 1 fully saturated rings. The zero-order chi connectivity index (χ0) is 26.5. The number of benzene rings is 2. The third-order valence-corrected chi connectivity index (χ3v) is 6.27. The number of Topliss-reactive ketones (excluding diaryl/α,β-unsaturated/α-hetero) is 1. The standard InChI is InChI=1S/C27H26F3N3O4/c1-36-24-14-19(10-12-31-24)23(34)15-26(11-13-37-17-26)25(35)32-16-18-6-8-20(9-7-18)33-22-5-3-2-4-21(22)27(28,29)30/h2-10,12,14,33H,11,13,15-17H2,1H3,(H,32,35)/t26-/m0/s1. The van der Waals surface area contributed by atoms with Crippen LogP contribution >= 0.6 is 0 Å². The lowest BCUT2D eigenvalue weighted by Crippen LogP contribution is -2.42. The maximum Gasteiger partial charge on any atom is 0.418 e. The number of nitrogens with one attached hydrogen (secondary N) is 2. The van der Waals surface area contributed by atoms with Crippen molar-refractivity contribution in [3.05, 3.63) is 83.6 Å². The molecule has 2 heterocycles. The summed E-state index contributed by atoms with van der Waals surface area (Å²) in [6, 6.07) is 15.1. The first-order valence-corrected chi connectivity index (χ1v) is 11.6. The summed E-state index contributed by atoms with van der Waals surface area (Å²) >= 11 is 0. The molecule has 1 aliphatic rings. The summed E-state index contributed by atoms with van der Waals surface area (Å²) < 4.78 is 50.3. The van der Waals surface area contributed by atoms with Gasteiger partial charge in [-0.1, -0.05) is 24.3 Å². The molecule has 1 aromatic heterocycles. The maximum absolute atomic E-state index is 13.2. The highest BCUT2D eigenvalue weighted by atomic mass is 19.4. The van der Waals surface area contributed by atoms with E-state index in [2.05, 4.69) is 15.6 Å². The number of methoxy groups -OCH3 is 1. The van der Waals surface area contributed by atoms with Crippen LogP contribution in [0.1, 0.15) is 34.3 Å². The van der Waals surface area contributed by atoms with Crippen LogP contribution in [0.4, 0.5) is 24.5 Å². The Morgan fingerprint density at radius 2 is 1.86 bits per heavy atom. The summed E-state index contributed by atoms with van der Waals surface area (Å²) in [6.07, 6.45) is -2.61. The largest absolute Gasteiger partial charge is 0.481 e. The zero-order valence-electron chi connectivity index (χ0n) is 20.1. The van der Waals surface area contributed by atoms with Gasteiger partial charge in [0.25, 0.3) is 0 Å². The predicted octanol–water partition coefficient (Wildman–Crippen LogP) is 5.15. The van der Waals surface area contributed by atoms with Gasteiger partial charge < -0.3 is 20.1 Å². The number of carbonyl (C=O) groups excluding carboxylic acids is 2. The fourth-order valence-corrected chi connectivity index (χ4v) is 4.18. The maximum atomic E-state index is 13.2. The Bertz CT molecular complexity index is 1260. The lowest BCUT2D eigenvalue weighted by Gasteiger charge is -2.25. The van der Waals surface area contributed by atoms with Crippen molar-refractivity contribution in [1.29, 1.82) is 0 Å². The van der Waals surface area contributed by atoms with Crippen LogP contribution in [-0.4, -0.2) is 37.0 Å². The SMILES string of the molecule is COc1cc(C(=O)C[C@@]2(C(=O)NCc3ccc(Nc4ccccc4C(F)(F)F)cc3)CCOC2)ccn1. The Hall–Kier alpha value is -3.92. The van der Waals surface area contributed by atoms with Crippen molar-refractivity contribution in [2.75, 3.05) is 25.6 Å². The normalized spacial score (nSPS) is 17.3. The van der Waals surface area contributed by atoms with Gasteiger partial charge >= 0.3 is 6.18 Å². The molecule has 0 spiro atoms. The third-order valence-electron chi connectivity index (χ3n) is 6.27. The number of carbonyl (C=O) groups is 2. The average Bonchev–Trinajstić information content (AvgIpc) is 3.37. The molecule has 3 aromatic rings. The Balaban J connectivity index is 1.39. The van der Waals surface area contributed by atoms with Gasteiger partial charge in [0, 0.05) is 43.1 Å². The molecule has 0 bridgehead atoms. The van der Waals surface area contributed by atoms with Gasteiger partial charge in [-0.15, -0.1) is 0 Å². The number of aromatic nitrogens is 1. The van der Waals surface area contributed by atoms with Gasteiger partial charge in [-0.2, -0.15) is 13.2 Å². The smallest absolute Gasteiger partial charge is 0.418 e. The van der Waals surface area contributed by atoms with Gasteiger partial charge in [0.05, 0.1) is 30.4 Å². The van der Waals surface area contributed by atoms with Crippen LogP contribution < -0.4 is 15.4 Å². The predicted molar refractivity (Wildman–Crippen MR) is 131 cm³/mol. The molecule has 1 saturated heterocycles. The summed E-state index contributed by atoms with van der Waals surface area (Å²) in [7, 11) is 1.46. The zero-order valence-corrected chi connectivity index (χ0v) is 20.1. The molecule has 1 atom stereocenters. The number of anilines is 2. The number of amides is 1. The molecule has 7 nitrogen and oxygen atoms in total. The molecular weight excluding hydrogens is 487 g/mol. The van der Waals surface area contributed by atoms with Crippen LogP contribution in [0.3, 0.4) is 0 Å². The van der Waals surface area contributed by atoms with Gasteiger partial charge in [-0.05, 0) is 42.3 Å². The van der Waals surface area contributed by atoms with Crippen molar-refractivity contribution in [3.63, 3.8) is 0 Å². The molecule has 0 aliphatic carbocycles. The van der Waals surface area contributed by atoms with E-state index in [-0.39, 0.29) is 37.0 Å². The van der Waals surface area contributed by atoms with Gasteiger partial charge in [0.15, 0.2) is 5.78 Å². The second-order valence-electron chi connectivity index (χ2n) is 8.82. The van der Waals surface area contributed by atoms with Crippen LogP contribution in [0.5, 0.6) is 5.88 Å². The average molecular weight is 514 g/mol. The first-order chi connectivity index (χ1) is 17.7. The minimum absolute atomic E-state index is 0.0204. The van der Waals surface area contributed by atoms with E-state index >= 15 is 0 Å². The molecule has 0 radical (unpaired) electrons. The lowest BCUT2D eigenvalue weighted by molar-refractivity contribution is -0.137. The highest BCUT2D eigenvalue weighted by Gasteiger charge is 2.44. The quantitative estimate of drug-likeness (QED) is 0.385. The fourth-order valence-electron chi connectivity index (χ4n) is 4.18. The van der Waals surface area contributed by atoms with E-state index in [9.17, 15) is 22.8 Å². The summed E-state index contributed by atoms with van der Waals surface area (Å²) in [5.41, 5.74) is -0.156. The molecule has 0 unspecified atom stereocenters. The summed E-state index contributed by atoms with van der Waals surface area (Å²) in [4.78, 5) is 30.1. The van der Waals surface area contributed by atoms with E-state index in [1.807, 2.05) is 0 Å². The molecule has 1 aliphatic heterocycles. The van der Waals surface area contributed by atoms with Crippen molar-refractivity contribution in [2.45, 2.75) is 25.6 Å². The monoisotopic (exact) mass is 513 g/mol. The Labute approximate surface area is 212 Å². The van der Waals surface area contributed by atoms with Gasteiger partial charge in [0.2, 0.25) is 11.8 Å². The highest BCUT2D eigenvalue weighted by Crippen LogP contribution is 2.36. The number of ether oxygens (including phenoxy) is 2. The van der Waals surface area contributed by atoms with Crippen LogP contribution in [-0.2, 0) is 22.3 Å². The minimum Gasteiger partial charge on any atom is -0.481 e. The highest BCUT2D eigenvalue weighted by molar-refractivity contribution is 6.00. The molecule has 10 heteroatoms. The fraction of sp³-hybridized carbons (Fsp3) is 0.296. The van der Waals surface area contributed by atoms with E-state index in [1.165, 1.54) is 37.6 Å². The summed E-state index contributed by atoms with van der Waals surface area (Å²) in [5, 5.41) is 5.67. The molecular formula is C27H26F3N3O4. The topological polar surface area (TPSA) is 89.6 Å². The Morgan fingerprint density at radius 1 is 1.11 bits per heavy atom. The molecule has 37 heavy (non-hydrogen) atoms. The molecule has 194 valence electrons. The lowest BCUT2D eigenvalue weighted by atomic mass is 9.80. The van der Waals surface area contributed by atoms with Crippen LogP contribution in [0.15, 0.2) is 66.9 Å². The number of nitrogens with zero attached hydrogens (tertiary/aromatic N) is 1. The van der Waals surface area contributed by atoms with Crippen LogP contribution in [0, 0.1) is 5.41 Å². The number of hydrogen-bond acceptors (Lipinski definition) is 6. The number of para-hydroxylation sites is 1. The second-order valence-corrected chi connectivity index (χ2v) is 8.82. The van der Waals surface area contributed by atoms with Crippen molar-refractivity contribution in [3.8, 4) is 5.88 Å². The van der Waals surface area contributed by atoms with Crippen LogP contribution in [0.2, 0.25) is 0 Å². The van der Waals surface area contributed by atoms with E-state index in [4.69, 9.17) is 9.47 Å². The van der Waals surface area contributed by atoms with E-state index < -0.39 is 17.2 Å². The minimum atomic E-state index is -4.47. The van der Waals surface area contributed by atoms with Crippen molar-refractivity contribution >= 4 is 23.1 Å². The summed E-state index contributed by atoms with van der Waals surface area (Å²) in [5.74, 6) is -0.191.